The number of nitrogens with two attached hydrogens (primary N) is 1. The van der Waals surface area contributed by atoms with Crippen LogP contribution in [0.5, 0.6) is 5.75 Å². The molecule has 2 aromatic carbocycles. The van der Waals surface area contributed by atoms with Gasteiger partial charge in [-0.2, -0.15) is 0 Å². The van der Waals surface area contributed by atoms with Crippen molar-refractivity contribution in [2.24, 2.45) is 5.73 Å². The quantitative estimate of drug-likeness (QED) is 0.912. The zero-order valence-corrected chi connectivity index (χ0v) is 11.2. The van der Waals surface area contributed by atoms with E-state index in [-0.39, 0.29) is 12.4 Å². The van der Waals surface area contributed by atoms with Crippen LogP contribution >= 0.6 is 0 Å². The van der Waals surface area contributed by atoms with Crippen molar-refractivity contribution in [1.82, 2.24) is 0 Å². The van der Waals surface area contributed by atoms with Gasteiger partial charge >= 0.3 is 0 Å². The highest BCUT2D eigenvalue weighted by Gasteiger charge is 2.08. The first-order valence-corrected chi connectivity index (χ1v) is 6.27. The van der Waals surface area contributed by atoms with E-state index in [9.17, 15) is 4.39 Å². The topological polar surface area (TPSA) is 35.2 Å². The normalized spacial score (nSPS) is 10.5. The lowest BCUT2D eigenvalue weighted by molar-refractivity contribution is 0.300. The highest BCUT2D eigenvalue weighted by Crippen LogP contribution is 2.22. The monoisotopic (exact) mass is 259 g/mol. The van der Waals surface area contributed by atoms with Crippen LogP contribution in [0.15, 0.2) is 36.4 Å². The van der Waals surface area contributed by atoms with Gasteiger partial charge in [0.2, 0.25) is 0 Å². The van der Waals surface area contributed by atoms with Crippen LogP contribution in [0.3, 0.4) is 0 Å². The van der Waals surface area contributed by atoms with Gasteiger partial charge in [0.1, 0.15) is 18.2 Å². The molecule has 0 aromatic heterocycles. The van der Waals surface area contributed by atoms with E-state index in [0.717, 1.165) is 5.56 Å². The molecule has 100 valence electrons. The molecule has 3 heteroatoms. The SMILES string of the molecule is Cc1cc(C)cc(COc2cccc(F)c2CN)c1. The Morgan fingerprint density at radius 2 is 1.79 bits per heavy atom. The Morgan fingerprint density at radius 1 is 1.11 bits per heavy atom. The Kier molecular flexibility index (Phi) is 4.17. The first-order valence-electron chi connectivity index (χ1n) is 6.27. The molecular weight excluding hydrogens is 241 g/mol. The third-order valence-electron chi connectivity index (χ3n) is 2.96. The predicted molar refractivity (Wildman–Crippen MR) is 74.5 cm³/mol. The van der Waals surface area contributed by atoms with Crippen LogP contribution in [0.25, 0.3) is 0 Å². The van der Waals surface area contributed by atoms with Crippen molar-refractivity contribution in [3.8, 4) is 5.75 Å². The summed E-state index contributed by atoms with van der Waals surface area (Å²) >= 11 is 0. The number of ether oxygens (including phenoxy) is 1. The molecule has 0 bridgehead atoms. The Hall–Kier alpha value is -1.87. The largest absolute Gasteiger partial charge is 0.488 e. The third kappa shape index (κ3) is 3.32. The lowest BCUT2D eigenvalue weighted by Gasteiger charge is -2.12. The van der Waals surface area contributed by atoms with Crippen LogP contribution in [0.1, 0.15) is 22.3 Å². The molecule has 0 saturated carbocycles. The van der Waals surface area contributed by atoms with Gasteiger partial charge in [0.25, 0.3) is 0 Å². The second-order valence-electron chi connectivity index (χ2n) is 4.71. The van der Waals surface area contributed by atoms with Crippen LogP contribution < -0.4 is 10.5 Å². The first kappa shape index (κ1) is 13.6. The molecule has 2 nitrogen and oxygen atoms in total. The predicted octanol–water partition coefficient (Wildman–Crippen LogP) is 3.48. The van der Waals surface area contributed by atoms with Crippen molar-refractivity contribution in [1.29, 1.82) is 0 Å². The highest BCUT2D eigenvalue weighted by molar-refractivity contribution is 5.35. The van der Waals surface area contributed by atoms with E-state index in [0.29, 0.717) is 17.9 Å². The molecule has 2 N–H and O–H groups in total. The standard InChI is InChI=1S/C16H18FNO/c1-11-6-12(2)8-13(7-11)10-19-16-5-3-4-15(17)14(16)9-18/h3-8H,9-10,18H2,1-2H3. The van der Waals surface area contributed by atoms with Crippen LogP contribution in [0.2, 0.25) is 0 Å². The molecule has 0 amide bonds. The molecule has 0 heterocycles. The van der Waals surface area contributed by atoms with Crippen molar-refractivity contribution >= 4 is 0 Å². The molecule has 0 spiro atoms. The van der Waals surface area contributed by atoms with E-state index in [2.05, 4.69) is 18.2 Å². The van der Waals surface area contributed by atoms with Gasteiger partial charge in [-0.05, 0) is 31.5 Å². The number of benzene rings is 2. The summed E-state index contributed by atoms with van der Waals surface area (Å²) in [5.41, 5.74) is 9.43. The molecule has 0 radical (unpaired) electrons. The lowest BCUT2D eigenvalue weighted by atomic mass is 10.1. The Labute approximate surface area is 113 Å². The maximum absolute atomic E-state index is 13.5. The summed E-state index contributed by atoms with van der Waals surface area (Å²) in [5.74, 6) is 0.196. The third-order valence-corrected chi connectivity index (χ3v) is 2.96. The summed E-state index contributed by atoms with van der Waals surface area (Å²) in [6.45, 7) is 4.64. The fraction of sp³-hybridized carbons (Fsp3) is 0.250. The number of aryl methyl sites for hydroxylation is 2. The smallest absolute Gasteiger partial charge is 0.131 e. The second kappa shape index (κ2) is 5.85. The molecule has 2 rings (SSSR count). The van der Waals surface area contributed by atoms with Crippen molar-refractivity contribution in [2.45, 2.75) is 27.0 Å². The number of halogens is 1. The van der Waals surface area contributed by atoms with Crippen molar-refractivity contribution in [2.75, 3.05) is 0 Å². The molecule has 0 unspecified atom stereocenters. The summed E-state index contributed by atoms with van der Waals surface area (Å²) in [6, 6.07) is 11.0. The number of rotatable bonds is 4. The molecule has 0 atom stereocenters. The summed E-state index contributed by atoms with van der Waals surface area (Å²) in [5, 5.41) is 0. The fourth-order valence-electron chi connectivity index (χ4n) is 2.19. The van der Waals surface area contributed by atoms with Gasteiger partial charge in [-0.25, -0.2) is 4.39 Å². The molecule has 2 aromatic rings. The van der Waals surface area contributed by atoms with Gasteiger partial charge in [0, 0.05) is 12.1 Å². The first-order chi connectivity index (χ1) is 9.10. The Balaban J connectivity index is 2.16. The molecular formula is C16H18FNO. The van der Waals surface area contributed by atoms with Crippen LogP contribution in [0, 0.1) is 19.7 Å². The highest BCUT2D eigenvalue weighted by atomic mass is 19.1. The van der Waals surface area contributed by atoms with Crippen molar-refractivity contribution in [3.05, 3.63) is 64.5 Å². The molecule has 0 aliphatic heterocycles. The average molecular weight is 259 g/mol. The fourth-order valence-corrected chi connectivity index (χ4v) is 2.19. The minimum absolute atomic E-state index is 0.134. The number of hydrogen-bond donors (Lipinski definition) is 1. The van der Waals surface area contributed by atoms with Crippen LogP contribution in [-0.4, -0.2) is 0 Å². The Bertz CT molecular complexity index is 561. The Morgan fingerprint density at radius 3 is 2.42 bits per heavy atom. The van der Waals surface area contributed by atoms with Gasteiger partial charge in [-0.3, -0.25) is 0 Å². The van der Waals surface area contributed by atoms with E-state index < -0.39 is 0 Å². The molecule has 0 fully saturated rings. The zero-order valence-electron chi connectivity index (χ0n) is 11.2. The maximum atomic E-state index is 13.5. The zero-order chi connectivity index (χ0) is 13.8. The van der Waals surface area contributed by atoms with Gasteiger partial charge in [-0.1, -0.05) is 35.4 Å². The summed E-state index contributed by atoms with van der Waals surface area (Å²) < 4.78 is 19.2. The summed E-state index contributed by atoms with van der Waals surface area (Å²) in [7, 11) is 0. The van der Waals surface area contributed by atoms with E-state index in [1.54, 1.807) is 12.1 Å². The number of hydrogen-bond acceptors (Lipinski definition) is 2. The second-order valence-corrected chi connectivity index (χ2v) is 4.71. The van der Waals surface area contributed by atoms with E-state index in [4.69, 9.17) is 10.5 Å². The van der Waals surface area contributed by atoms with Gasteiger partial charge in [0.05, 0.1) is 0 Å². The molecule has 0 aliphatic rings. The van der Waals surface area contributed by atoms with Crippen LogP contribution in [0.4, 0.5) is 4.39 Å². The van der Waals surface area contributed by atoms with Gasteiger partial charge in [-0.15, -0.1) is 0 Å². The van der Waals surface area contributed by atoms with Gasteiger partial charge in [0.15, 0.2) is 0 Å². The summed E-state index contributed by atoms with van der Waals surface area (Å²) in [4.78, 5) is 0. The summed E-state index contributed by atoms with van der Waals surface area (Å²) in [6.07, 6.45) is 0. The van der Waals surface area contributed by atoms with Crippen molar-refractivity contribution < 1.29 is 9.13 Å². The van der Waals surface area contributed by atoms with Gasteiger partial charge < -0.3 is 10.5 Å². The molecule has 0 aliphatic carbocycles. The maximum Gasteiger partial charge on any atom is 0.131 e. The molecule has 0 saturated heterocycles. The van der Waals surface area contributed by atoms with Crippen molar-refractivity contribution in [3.63, 3.8) is 0 Å². The minimum Gasteiger partial charge on any atom is -0.488 e. The minimum atomic E-state index is -0.319. The van der Waals surface area contributed by atoms with Crippen LogP contribution in [-0.2, 0) is 13.2 Å². The lowest BCUT2D eigenvalue weighted by Crippen LogP contribution is -2.05. The van der Waals surface area contributed by atoms with E-state index >= 15 is 0 Å². The van der Waals surface area contributed by atoms with E-state index in [1.165, 1.54) is 17.2 Å². The average Bonchev–Trinajstić information content (AvgIpc) is 2.35. The van der Waals surface area contributed by atoms with E-state index in [1.807, 2.05) is 13.8 Å². The molecule has 19 heavy (non-hydrogen) atoms.